The van der Waals surface area contributed by atoms with Crippen LogP contribution in [0.3, 0.4) is 0 Å². The number of benzene rings is 2. The Morgan fingerprint density at radius 3 is 2.69 bits per heavy atom. The molecule has 2 N–H and O–H groups in total. The molecule has 0 saturated carbocycles. The predicted molar refractivity (Wildman–Crippen MR) is 127 cm³/mol. The average Bonchev–Trinajstić information content (AvgIpc) is 3.24. The van der Waals surface area contributed by atoms with Crippen molar-refractivity contribution in [3.05, 3.63) is 83.1 Å². The first-order valence-corrected chi connectivity index (χ1v) is 11.2. The van der Waals surface area contributed by atoms with Crippen molar-refractivity contribution in [2.45, 2.75) is 5.16 Å². The molecule has 2 heterocycles. The summed E-state index contributed by atoms with van der Waals surface area (Å²) in [6.45, 7) is 0. The van der Waals surface area contributed by atoms with Crippen molar-refractivity contribution >= 4 is 39.8 Å². The number of rotatable bonds is 7. The second-order valence-electron chi connectivity index (χ2n) is 6.50. The van der Waals surface area contributed by atoms with Gasteiger partial charge in [0.1, 0.15) is 5.75 Å². The number of phenols is 1. The molecule has 0 saturated heterocycles. The van der Waals surface area contributed by atoms with Gasteiger partial charge in [0.2, 0.25) is 0 Å². The van der Waals surface area contributed by atoms with Crippen LogP contribution in [0.2, 0.25) is 0 Å². The molecule has 0 fully saturated rings. The van der Waals surface area contributed by atoms with Crippen molar-refractivity contribution in [3.8, 4) is 22.8 Å². The highest BCUT2D eigenvalue weighted by Gasteiger charge is 2.17. The molecule has 0 spiro atoms. The number of nitrogens with zero attached hydrogens (tertiary/aromatic N) is 5. The molecule has 0 aliphatic rings. The number of aromatic nitrogens is 4. The first-order valence-electron chi connectivity index (χ1n) is 9.46. The summed E-state index contributed by atoms with van der Waals surface area (Å²) in [6.07, 6.45) is 4.80. The molecule has 0 atom stereocenters. The zero-order valence-electron chi connectivity index (χ0n) is 16.6. The molecule has 10 heteroatoms. The number of nitrogens with one attached hydrogen (secondary N) is 1. The van der Waals surface area contributed by atoms with Crippen LogP contribution in [0.1, 0.15) is 5.56 Å². The lowest BCUT2D eigenvalue weighted by atomic mass is 10.2. The number of pyridine rings is 1. The molecular weight excluding hydrogens is 492 g/mol. The number of amides is 1. The Bertz CT molecular complexity index is 1250. The van der Waals surface area contributed by atoms with Crippen LogP contribution in [0.15, 0.2) is 87.8 Å². The molecule has 4 aromatic rings. The third-order valence-corrected chi connectivity index (χ3v) is 5.76. The van der Waals surface area contributed by atoms with Crippen LogP contribution in [-0.4, -0.2) is 42.7 Å². The van der Waals surface area contributed by atoms with E-state index < -0.39 is 0 Å². The van der Waals surface area contributed by atoms with Crippen LogP contribution >= 0.6 is 27.7 Å². The van der Waals surface area contributed by atoms with Gasteiger partial charge in [0.15, 0.2) is 11.0 Å². The van der Waals surface area contributed by atoms with E-state index in [-0.39, 0.29) is 17.4 Å². The van der Waals surface area contributed by atoms with Gasteiger partial charge in [-0.25, -0.2) is 5.43 Å². The topological polar surface area (TPSA) is 105 Å². The van der Waals surface area contributed by atoms with E-state index >= 15 is 0 Å². The largest absolute Gasteiger partial charge is 0.507 e. The van der Waals surface area contributed by atoms with Crippen LogP contribution in [0, 0.1) is 0 Å². The minimum Gasteiger partial charge on any atom is -0.507 e. The normalized spacial score (nSPS) is 11.0. The number of carbonyl (C=O) groups is 1. The predicted octanol–water partition coefficient (Wildman–Crippen LogP) is 4.04. The van der Waals surface area contributed by atoms with Crippen LogP contribution in [0.25, 0.3) is 17.1 Å². The summed E-state index contributed by atoms with van der Waals surface area (Å²) in [5.74, 6) is 0.487. The molecule has 0 radical (unpaired) electrons. The van der Waals surface area contributed by atoms with E-state index in [0.717, 1.165) is 15.7 Å². The first-order chi connectivity index (χ1) is 15.6. The molecule has 0 unspecified atom stereocenters. The van der Waals surface area contributed by atoms with Gasteiger partial charge >= 0.3 is 0 Å². The van der Waals surface area contributed by atoms with Gasteiger partial charge < -0.3 is 5.11 Å². The summed E-state index contributed by atoms with van der Waals surface area (Å²) in [5, 5.41) is 22.8. The lowest BCUT2D eigenvalue weighted by molar-refractivity contribution is -0.118. The Morgan fingerprint density at radius 1 is 1.12 bits per heavy atom. The van der Waals surface area contributed by atoms with Crippen LogP contribution in [0.5, 0.6) is 5.75 Å². The molecule has 0 bridgehead atoms. The van der Waals surface area contributed by atoms with E-state index in [4.69, 9.17) is 0 Å². The minimum absolute atomic E-state index is 0.0831. The van der Waals surface area contributed by atoms with Crippen molar-refractivity contribution in [2.75, 3.05) is 5.75 Å². The third kappa shape index (κ3) is 5.21. The Hall–Kier alpha value is -3.50. The highest BCUT2D eigenvalue weighted by Crippen LogP contribution is 2.28. The fourth-order valence-electron chi connectivity index (χ4n) is 2.80. The lowest BCUT2D eigenvalue weighted by Gasteiger charge is -2.10. The second-order valence-corrected chi connectivity index (χ2v) is 8.36. The molecule has 2 aromatic carbocycles. The van der Waals surface area contributed by atoms with E-state index in [0.29, 0.717) is 16.5 Å². The quantitative estimate of drug-likeness (QED) is 0.221. The number of hydrogen-bond acceptors (Lipinski definition) is 7. The monoisotopic (exact) mass is 508 g/mol. The Labute approximate surface area is 196 Å². The number of carbonyl (C=O) groups excluding carboxylic acids is 1. The Balaban J connectivity index is 1.51. The van der Waals surface area contributed by atoms with Crippen molar-refractivity contribution in [2.24, 2.45) is 5.10 Å². The van der Waals surface area contributed by atoms with Gasteiger partial charge in [-0.15, -0.1) is 10.2 Å². The van der Waals surface area contributed by atoms with E-state index in [1.165, 1.54) is 18.0 Å². The SMILES string of the molecule is O=C(CSc1nnc(-c2cccnc2)n1-c1ccc(Br)cc1)NN=Cc1ccccc1O. The highest BCUT2D eigenvalue weighted by atomic mass is 79.9. The summed E-state index contributed by atoms with van der Waals surface area (Å²) in [5.41, 5.74) is 4.64. The fourth-order valence-corrected chi connectivity index (χ4v) is 3.81. The molecule has 2 aromatic heterocycles. The molecule has 32 heavy (non-hydrogen) atoms. The summed E-state index contributed by atoms with van der Waals surface area (Å²) in [4.78, 5) is 16.4. The first kappa shape index (κ1) is 21.7. The van der Waals surface area contributed by atoms with Crippen molar-refractivity contribution < 1.29 is 9.90 Å². The van der Waals surface area contributed by atoms with Gasteiger partial charge in [0.05, 0.1) is 12.0 Å². The Kier molecular flexibility index (Phi) is 6.93. The zero-order valence-corrected chi connectivity index (χ0v) is 19.0. The molecule has 160 valence electrons. The summed E-state index contributed by atoms with van der Waals surface area (Å²) in [7, 11) is 0. The number of thioether (sulfide) groups is 1. The van der Waals surface area contributed by atoms with Gasteiger partial charge in [-0.2, -0.15) is 5.10 Å². The summed E-state index contributed by atoms with van der Waals surface area (Å²) >= 11 is 4.69. The van der Waals surface area contributed by atoms with Crippen molar-refractivity contribution in [1.82, 2.24) is 25.2 Å². The lowest BCUT2D eigenvalue weighted by Crippen LogP contribution is -2.20. The van der Waals surface area contributed by atoms with E-state index in [1.54, 1.807) is 36.7 Å². The van der Waals surface area contributed by atoms with Gasteiger partial charge in [0.25, 0.3) is 5.91 Å². The maximum Gasteiger partial charge on any atom is 0.250 e. The van der Waals surface area contributed by atoms with Crippen molar-refractivity contribution in [3.63, 3.8) is 0 Å². The molecular formula is C22H17BrN6O2S. The van der Waals surface area contributed by atoms with E-state index in [1.807, 2.05) is 41.0 Å². The highest BCUT2D eigenvalue weighted by molar-refractivity contribution is 9.10. The van der Waals surface area contributed by atoms with Gasteiger partial charge in [-0.3, -0.25) is 14.3 Å². The number of phenolic OH excluding ortho intramolecular Hbond substituents is 1. The molecule has 0 aliphatic carbocycles. The Morgan fingerprint density at radius 2 is 1.94 bits per heavy atom. The second kappa shape index (κ2) is 10.2. The van der Waals surface area contributed by atoms with Crippen LogP contribution in [-0.2, 0) is 4.79 Å². The molecule has 1 amide bonds. The maximum atomic E-state index is 12.3. The summed E-state index contributed by atoms with van der Waals surface area (Å²) in [6, 6.07) is 18.2. The number of hydrogen-bond donors (Lipinski definition) is 2. The van der Waals surface area contributed by atoms with Crippen molar-refractivity contribution in [1.29, 1.82) is 0 Å². The van der Waals surface area contributed by atoms with Crippen LogP contribution < -0.4 is 5.43 Å². The van der Waals surface area contributed by atoms with Gasteiger partial charge in [-0.05, 0) is 48.5 Å². The average molecular weight is 509 g/mol. The maximum absolute atomic E-state index is 12.3. The van der Waals surface area contributed by atoms with Crippen LogP contribution in [0.4, 0.5) is 0 Å². The molecule has 4 rings (SSSR count). The minimum atomic E-state index is -0.310. The number of para-hydroxylation sites is 1. The zero-order chi connectivity index (χ0) is 22.3. The summed E-state index contributed by atoms with van der Waals surface area (Å²) < 4.78 is 2.83. The van der Waals surface area contributed by atoms with Gasteiger partial charge in [0, 0.05) is 33.7 Å². The number of hydrazone groups is 1. The number of halogens is 1. The van der Waals surface area contributed by atoms with Gasteiger partial charge in [-0.1, -0.05) is 39.8 Å². The third-order valence-electron chi connectivity index (χ3n) is 4.30. The molecule has 8 nitrogen and oxygen atoms in total. The fraction of sp³-hybridized carbons (Fsp3) is 0.0455. The molecule has 0 aliphatic heterocycles. The standard InChI is InChI=1S/C22H17BrN6O2S/c23-17-7-9-18(10-8-17)29-21(16-5-3-11-24-12-16)27-28-22(29)32-14-20(31)26-25-13-15-4-1-2-6-19(15)30/h1-13,30H,14H2,(H,26,31). The number of aromatic hydroxyl groups is 1. The van der Waals surface area contributed by atoms with E-state index in [2.05, 4.69) is 41.6 Å². The smallest absolute Gasteiger partial charge is 0.250 e. The van der Waals surface area contributed by atoms with E-state index in [9.17, 15) is 9.90 Å².